The summed E-state index contributed by atoms with van der Waals surface area (Å²) in [6.45, 7) is 3.00. The molecule has 0 atom stereocenters. The number of benzene rings is 1. The van der Waals surface area contributed by atoms with Crippen LogP contribution in [0.25, 0.3) is 5.57 Å². The van der Waals surface area contributed by atoms with Gasteiger partial charge in [-0.3, -0.25) is 4.99 Å². The van der Waals surface area contributed by atoms with E-state index < -0.39 is 17.6 Å². The largest absolute Gasteiger partial charge is 0.419 e. The maximum absolute atomic E-state index is 14.0. The van der Waals surface area contributed by atoms with Gasteiger partial charge in [0.1, 0.15) is 5.82 Å². The fraction of sp³-hybridized carbons (Fsp3) is 0.308. The second kappa shape index (κ2) is 4.23. The van der Waals surface area contributed by atoms with E-state index in [1.165, 1.54) is 25.3 Å². The molecule has 0 spiro atoms. The van der Waals surface area contributed by atoms with E-state index in [9.17, 15) is 17.6 Å². The zero-order valence-electron chi connectivity index (χ0n) is 9.90. The summed E-state index contributed by atoms with van der Waals surface area (Å²) >= 11 is 0. The smallest absolute Gasteiger partial charge is 0.265 e. The Kier molecular flexibility index (Phi) is 3.00. The maximum Gasteiger partial charge on any atom is 0.419 e. The third-order valence-corrected chi connectivity index (χ3v) is 2.87. The molecule has 0 aliphatic carbocycles. The first-order valence-electron chi connectivity index (χ1n) is 5.39. The zero-order valence-corrected chi connectivity index (χ0v) is 9.90. The topological polar surface area (TPSA) is 12.4 Å². The molecular weight excluding hydrogens is 246 g/mol. The van der Waals surface area contributed by atoms with Gasteiger partial charge < -0.3 is 0 Å². The molecule has 18 heavy (non-hydrogen) atoms. The zero-order chi connectivity index (χ0) is 13.5. The van der Waals surface area contributed by atoms with Crippen molar-refractivity contribution in [3.05, 3.63) is 40.8 Å². The first kappa shape index (κ1) is 12.8. The first-order chi connectivity index (χ1) is 8.30. The molecule has 0 amide bonds. The highest BCUT2D eigenvalue weighted by Gasteiger charge is 2.37. The summed E-state index contributed by atoms with van der Waals surface area (Å²) in [7, 11) is 0. The van der Waals surface area contributed by atoms with Gasteiger partial charge in [0.25, 0.3) is 0 Å². The van der Waals surface area contributed by atoms with Crippen LogP contribution in [0.1, 0.15) is 30.0 Å². The number of hydrogen-bond acceptors (Lipinski definition) is 1. The standard InChI is InChI=1S/C13H11F4N/c1-7-3-4-10(9-5-8(2)18-6-9)12(14)11(7)13(15,16)17/h3-4,6H,5H2,1-2H3. The molecule has 0 aromatic heterocycles. The Morgan fingerprint density at radius 1 is 1.17 bits per heavy atom. The van der Waals surface area contributed by atoms with E-state index in [-0.39, 0.29) is 11.1 Å². The minimum atomic E-state index is -4.68. The van der Waals surface area contributed by atoms with Crippen LogP contribution in [0, 0.1) is 12.7 Å². The van der Waals surface area contributed by atoms with Crippen molar-refractivity contribution >= 4 is 11.3 Å². The fourth-order valence-corrected chi connectivity index (χ4v) is 1.99. The lowest BCUT2D eigenvalue weighted by Crippen LogP contribution is -2.12. The molecule has 0 fully saturated rings. The van der Waals surface area contributed by atoms with Gasteiger partial charge >= 0.3 is 6.18 Å². The van der Waals surface area contributed by atoms with E-state index in [0.717, 1.165) is 5.71 Å². The lowest BCUT2D eigenvalue weighted by molar-refractivity contribution is -0.140. The molecule has 0 radical (unpaired) electrons. The summed E-state index contributed by atoms with van der Waals surface area (Å²) in [5.41, 5.74) is -0.0759. The van der Waals surface area contributed by atoms with Gasteiger partial charge in [-0.05, 0) is 25.0 Å². The Bertz CT molecular complexity index is 553. The Morgan fingerprint density at radius 3 is 2.33 bits per heavy atom. The number of hydrogen-bond donors (Lipinski definition) is 0. The summed E-state index contributed by atoms with van der Waals surface area (Å²) in [5, 5.41) is 0. The van der Waals surface area contributed by atoms with Crippen molar-refractivity contribution in [3.63, 3.8) is 0 Å². The van der Waals surface area contributed by atoms with Gasteiger partial charge in [0.2, 0.25) is 0 Å². The summed E-state index contributed by atoms with van der Waals surface area (Å²) in [5.74, 6) is -1.21. The van der Waals surface area contributed by atoms with Crippen LogP contribution in [0.3, 0.4) is 0 Å². The predicted octanol–water partition coefficient (Wildman–Crippen LogP) is 4.36. The second-order valence-corrected chi connectivity index (χ2v) is 4.31. The highest BCUT2D eigenvalue weighted by Crippen LogP contribution is 2.37. The van der Waals surface area contributed by atoms with E-state index in [1.54, 1.807) is 6.92 Å². The maximum atomic E-state index is 14.0. The van der Waals surface area contributed by atoms with Crippen LogP contribution in [0.5, 0.6) is 0 Å². The number of allylic oxidation sites excluding steroid dienone is 1. The van der Waals surface area contributed by atoms with Crippen LogP contribution < -0.4 is 0 Å². The molecule has 0 saturated carbocycles. The van der Waals surface area contributed by atoms with Crippen molar-refractivity contribution in [3.8, 4) is 0 Å². The van der Waals surface area contributed by atoms with Gasteiger partial charge in [0.05, 0.1) is 5.56 Å². The molecule has 1 heterocycles. The van der Waals surface area contributed by atoms with Crippen molar-refractivity contribution in [2.45, 2.75) is 26.4 Å². The van der Waals surface area contributed by atoms with Crippen LogP contribution in [0.15, 0.2) is 23.3 Å². The SMILES string of the molecule is CC1=NC=C(c2ccc(C)c(C(F)(F)F)c2F)C1. The third kappa shape index (κ3) is 2.17. The second-order valence-electron chi connectivity index (χ2n) is 4.31. The summed E-state index contributed by atoms with van der Waals surface area (Å²) < 4.78 is 52.3. The van der Waals surface area contributed by atoms with Crippen molar-refractivity contribution in [1.29, 1.82) is 0 Å². The molecule has 0 saturated heterocycles. The van der Waals surface area contributed by atoms with Crippen molar-refractivity contribution in [1.82, 2.24) is 0 Å². The summed E-state index contributed by atoms with van der Waals surface area (Å²) in [6.07, 6.45) is -2.88. The van der Waals surface area contributed by atoms with Crippen molar-refractivity contribution < 1.29 is 17.6 Å². The normalized spacial score (nSPS) is 15.7. The van der Waals surface area contributed by atoms with Crippen LogP contribution in [0.2, 0.25) is 0 Å². The Hall–Kier alpha value is -1.65. The van der Waals surface area contributed by atoms with Gasteiger partial charge in [-0.15, -0.1) is 0 Å². The molecule has 1 aromatic rings. The molecule has 0 bridgehead atoms. The van der Waals surface area contributed by atoms with Gasteiger partial charge in [-0.1, -0.05) is 12.1 Å². The summed E-state index contributed by atoms with van der Waals surface area (Å²) in [6, 6.07) is 2.66. The minimum absolute atomic E-state index is 0.0199. The van der Waals surface area contributed by atoms with Gasteiger partial charge in [-0.2, -0.15) is 13.2 Å². The number of rotatable bonds is 1. The molecular formula is C13H11F4N. The van der Waals surface area contributed by atoms with Crippen molar-refractivity contribution in [2.75, 3.05) is 0 Å². The minimum Gasteiger partial charge on any atom is -0.265 e. The van der Waals surface area contributed by atoms with Gasteiger partial charge in [0.15, 0.2) is 0 Å². The molecule has 0 N–H and O–H groups in total. The van der Waals surface area contributed by atoms with Crippen molar-refractivity contribution in [2.24, 2.45) is 4.99 Å². The van der Waals surface area contributed by atoms with Crippen LogP contribution in [0.4, 0.5) is 17.6 Å². The van der Waals surface area contributed by atoms with Crippen LogP contribution >= 0.6 is 0 Å². The monoisotopic (exact) mass is 257 g/mol. The predicted molar refractivity (Wildman–Crippen MR) is 61.8 cm³/mol. The highest BCUT2D eigenvalue weighted by atomic mass is 19.4. The van der Waals surface area contributed by atoms with Crippen LogP contribution in [-0.4, -0.2) is 5.71 Å². The van der Waals surface area contributed by atoms with E-state index >= 15 is 0 Å². The molecule has 1 nitrogen and oxygen atoms in total. The average Bonchev–Trinajstić information content (AvgIpc) is 2.62. The highest BCUT2D eigenvalue weighted by molar-refractivity contribution is 5.96. The third-order valence-electron chi connectivity index (χ3n) is 2.87. The number of aryl methyl sites for hydroxylation is 1. The van der Waals surface area contributed by atoms with Gasteiger partial charge in [-0.25, -0.2) is 4.39 Å². The Labute approximate surface area is 102 Å². The van der Waals surface area contributed by atoms with E-state index in [4.69, 9.17) is 0 Å². The van der Waals surface area contributed by atoms with Gasteiger partial charge in [0, 0.05) is 23.9 Å². The molecule has 0 unspecified atom stereocenters. The molecule has 1 aromatic carbocycles. The van der Waals surface area contributed by atoms with E-state index in [2.05, 4.69) is 4.99 Å². The number of halogens is 4. The summed E-state index contributed by atoms with van der Waals surface area (Å²) in [4.78, 5) is 3.96. The first-order valence-corrected chi connectivity index (χ1v) is 5.39. The molecule has 1 aliphatic heterocycles. The number of nitrogens with zero attached hydrogens (tertiary/aromatic N) is 1. The van der Waals surface area contributed by atoms with Crippen LogP contribution in [-0.2, 0) is 6.18 Å². The molecule has 2 rings (SSSR count). The molecule has 96 valence electrons. The Balaban J connectivity index is 2.53. The van der Waals surface area contributed by atoms with E-state index in [0.29, 0.717) is 12.0 Å². The number of aliphatic imine (C=N–C) groups is 1. The lowest BCUT2D eigenvalue weighted by Gasteiger charge is -2.14. The average molecular weight is 257 g/mol. The lowest BCUT2D eigenvalue weighted by atomic mass is 9.97. The van der Waals surface area contributed by atoms with E-state index in [1.807, 2.05) is 0 Å². The fourth-order valence-electron chi connectivity index (χ4n) is 1.99. The quantitative estimate of drug-likeness (QED) is 0.663. The molecule has 5 heteroatoms. The number of alkyl halides is 3. The molecule has 1 aliphatic rings. The Morgan fingerprint density at radius 2 is 1.83 bits per heavy atom.